The van der Waals surface area contributed by atoms with Crippen LogP contribution in [0.15, 0.2) is 146 Å². The maximum atomic E-state index is 14.2. The van der Waals surface area contributed by atoms with Crippen molar-refractivity contribution in [3.8, 4) is 56.5 Å². The summed E-state index contributed by atoms with van der Waals surface area (Å²) in [7, 11) is 5.79. The van der Waals surface area contributed by atoms with Crippen LogP contribution in [0.3, 0.4) is 0 Å². The number of aromatic nitrogens is 10. The molecule has 4 aromatic heterocycles. The van der Waals surface area contributed by atoms with Crippen molar-refractivity contribution in [2.75, 3.05) is 162 Å². The number of nitrogens with one attached hydrogen (secondary N) is 5. The monoisotopic (exact) mass is 1660 g/mol. The Morgan fingerprint density at radius 2 is 0.795 bits per heavy atom. The van der Waals surface area contributed by atoms with Crippen molar-refractivity contribution in [2.24, 2.45) is 0 Å². The van der Waals surface area contributed by atoms with Crippen LogP contribution in [0, 0.1) is 0 Å². The SMILES string of the molecule is CCCN(CC(=O)N(CCC)CC(=O)N(CCC)CC(=O)N(CC(=O)NC)Cc1cn(CCCNC(=O)CCCOc2ccc(-c3nc4cc(-c5ccc(N6CCN(C)CC6)cc5)ccc4[nH]3)cc2)nn1)C(=O)CN(Cc1cn(CCCNC(=O)CCCOc2ccc(-c3nc4cc(-c5ccc(N6CCN(C)CC6)cc5)ccc4[nH]3)cc2)nn1)C(C)=O. The molecular formula is C90H116N22O10. The number of hydrogen-bond donors (Lipinski definition) is 5. The maximum absolute atomic E-state index is 14.2. The summed E-state index contributed by atoms with van der Waals surface area (Å²) in [5, 5.41) is 25.5. The summed E-state index contributed by atoms with van der Waals surface area (Å²) in [5.41, 5.74) is 13.4. The molecule has 0 atom stereocenters. The highest BCUT2D eigenvalue weighted by Crippen LogP contribution is 2.32. The first-order valence-electron chi connectivity index (χ1n) is 42.7. The molecule has 10 aromatic rings. The Kier molecular flexibility index (Phi) is 32.1. The highest BCUT2D eigenvalue weighted by atomic mass is 16.5. The number of imidazole rings is 2. The number of carbonyl (C=O) groups is 8. The molecule has 32 heteroatoms. The summed E-state index contributed by atoms with van der Waals surface area (Å²) in [6.07, 6.45) is 7.51. The van der Waals surface area contributed by atoms with E-state index in [0.29, 0.717) is 107 Å². The molecule has 2 saturated heterocycles. The van der Waals surface area contributed by atoms with Crippen molar-refractivity contribution in [1.82, 2.24) is 100 Å². The topological polar surface area (TPSA) is 339 Å². The number of ether oxygens (including phenoxy) is 2. The molecule has 5 N–H and O–H groups in total. The lowest BCUT2D eigenvalue weighted by molar-refractivity contribution is -0.147. The average Bonchev–Trinajstić information content (AvgIpc) is 1.65. The molecule has 6 heterocycles. The summed E-state index contributed by atoms with van der Waals surface area (Å²) in [6, 6.07) is 45.6. The molecule has 0 aliphatic carbocycles. The van der Waals surface area contributed by atoms with Gasteiger partial charge in [0.25, 0.3) is 0 Å². The second-order valence-electron chi connectivity index (χ2n) is 31.4. The third-order valence-electron chi connectivity index (χ3n) is 21.9. The number of aryl methyl sites for hydroxylation is 2. The first-order valence-corrected chi connectivity index (χ1v) is 42.7. The molecule has 6 aromatic carbocycles. The van der Waals surface area contributed by atoms with Crippen LogP contribution in [0.4, 0.5) is 11.4 Å². The van der Waals surface area contributed by atoms with Crippen LogP contribution in [0.1, 0.15) is 96.9 Å². The molecule has 0 saturated carbocycles. The molecule has 2 aliphatic heterocycles. The number of benzene rings is 6. The van der Waals surface area contributed by atoms with Crippen LogP contribution in [0.2, 0.25) is 0 Å². The number of anilines is 2. The molecule has 646 valence electrons. The fourth-order valence-electron chi connectivity index (χ4n) is 14.8. The lowest BCUT2D eigenvalue weighted by atomic mass is 10.0. The van der Waals surface area contributed by atoms with E-state index >= 15 is 0 Å². The normalized spacial score (nSPS) is 13.1. The Hall–Kier alpha value is -12.6. The third kappa shape index (κ3) is 25.5. The number of nitrogens with zero attached hydrogens (tertiary/aromatic N) is 17. The molecule has 0 radical (unpaired) electrons. The van der Waals surface area contributed by atoms with Crippen LogP contribution in [-0.2, 0) is 64.5 Å². The Morgan fingerprint density at radius 3 is 1.18 bits per heavy atom. The number of amides is 8. The highest BCUT2D eigenvalue weighted by Gasteiger charge is 2.30. The van der Waals surface area contributed by atoms with E-state index < -0.39 is 42.0 Å². The zero-order valence-corrected chi connectivity index (χ0v) is 71.4. The molecule has 8 amide bonds. The molecule has 12 rings (SSSR count). The number of rotatable bonds is 44. The number of likely N-dealkylation sites (N-methyl/N-ethyl adjacent to an activating group) is 3. The van der Waals surface area contributed by atoms with Gasteiger partial charge in [0.15, 0.2) is 0 Å². The van der Waals surface area contributed by atoms with Crippen molar-refractivity contribution in [2.45, 2.75) is 112 Å². The van der Waals surface area contributed by atoms with E-state index in [-0.39, 0.29) is 83.6 Å². The van der Waals surface area contributed by atoms with Gasteiger partial charge in [-0.1, -0.05) is 67.6 Å². The van der Waals surface area contributed by atoms with Gasteiger partial charge in [-0.05, 0) is 178 Å². The van der Waals surface area contributed by atoms with Crippen LogP contribution in [-0.4, -0.2) is 284 Å². The highest BCUT2D eigenvalue weighted by molar-refractivity contribution is 5.93. The zero-order valence-electron chi connectivity index (χ0n) is 71.4. The number of H-pyrrole nitrogens is 2. The molecule has 0 spiro atoms. The fraction of sp³-hybridized carbons (Fsp3) is 0.444. The van der Waals surface area contributed by atoms with Gasteiger partial charge in [0.2, 0.25) is 47.3 Å². The minimum absolute atomic E-state index is 0.0264. The van der Waals surface area contributed by atoms with Crippen molar-refractivity contribution < 1.29 is 47.8 Å². The standard InChI is InChI=1S/C90H116N22O10/c1-8-39-106(85(117)62-107(40-9-2)87(119)64-109(65(4)113)56-72-58-111(100-98-72)42-13-37-92-82(114)15-11-52-121-76-31-21-68(22-32-76)89-94-78-35-25-70(54-80(78)96-89)66-17-27-74(28-18-66)104-48-44-102(6)45-49-104)61-86(118)108(41-10-3)63-88(120)110(60-84(116)91-5)57-73-59-112(101-99-73)43-14-38-93-83(115)16-12-53-122-77-33-23-69(24-34-77)90-95-79-36-26-71(55-81(79)97-90)67-19-29-75(30-20-67)105-50-46-103(7)47-51-105/h17-36,54-55,58-59H,8-16,37-53,56-57,60-64H2,1-7H3,(H,91,116)(H,92,114)(H,93,115)(H,94,96)(H,95,97). The van der Waals surface area contributed by atoms with Crippen LogP contribution >= 0.6 is 0 Å². The van der Waals surface area contributed by atoms with Crippen molar-refractivity contribution >= 4 is 80.7 Å². The Bertz CT molecular complexity index is 5110. The first kappa shape index (κ1) is 88.7. The minimum Gasteiger partial charge on any atom is -0.494 e. The third-order valence-corrected chi connectivity index (χ3v) is 21.9. The van der Waals surface area contributed by atoms with Gasteiger partial charge in [-0.2, -0.15) is 0 Å². The lowest BCUT2D eigenvalue weighted by Gasteiger charge is -2.34. The van der Waals surface area contributed by atoms with E-state index in [0.717, 1.165) is 119 Å². The van der Waals surface area contributed by atoms with E-state index in [9.17, 15) is 38.4 Å². The zero-order chi connectivity index (χ0) is 85.9. The summed E-state index contributed by atoms with van der Waals surface area (Å²) < 4.78 is 15.2. The summed E-state index contributed by atoms with van der Waals surface area (Å²) >= 11 is 0. The summed E-state index contributed by atoms with van der Waals surface area (Å²) in [5.74, 6) is -0.135. The number of piperazine rings is 2. The van der Waals surface area contributed by atoms with Gasteiger partial charge < -0.3 is 79.5 Å². The van der Waals surface area contributed by atoms with E-state index in [1.807, 2.05) is 69.3 Å². The van der Waals surface area contributed by atoms with Crippen LogP contribution in [0.5, 0.6) is 11.5 Å². The smallest absolute Gasteiger partial charge is 0.243 e. The van der Waals surface area contributed by atoms with Gasteiger partial charge in [-0.25, -0.2) is 9.97 Å². The molecule has 122 heavy (non-hydrogen) atoms. The van der Waals surface area contributed by atoms with E-state index in [4.69, 9.17) is 19.4 Å². The van der Waals surface area contributed by atoms with Crippen LogP contribution < -0.4 is 35.2 Å². The lowest BCUT2D eigenvalue weighted by Crippen LogP contribution is -2.51. The van der Waals surface area contributed by atoms with Crippen LogP contribution in [0.25, 0.3) is 67.1 Å². The molecule has 2 fully saturated rings. The second-order valence-corrected chi connectivity index (χ2v) is 31.4. The molecule has 0 bridgehead atoms. The fourth-order valence-corrected chi connectivity index (χ4v) is 14.8. The number of hydrogen-bond acceptors (Lipinski definition) is 20. The van der Waals surface area contributed by atoms with Gasteiger partial charge in [0, 0.05) is 147 Å². The van der Waals surface area contributed by atoms with Gasteiger partial charge in [0.1, 0.15) is 41.1 Å². The number of carbonyl (C=O) groups excluding carboxylic acids is 8. The first-order chi connectivity index (χ1) is 59.2. The average molecular weight is 1670 g/mol. The van der Waals surface area contributed by atoms with Gasteiger partial charge in [-0.3, -0.25) is 47.7 Å². The van der Waals surface area contributed by atoms with Crippen molar-refractivity contribution in [3.63, 3.8) is 0 Å². The van der Waals surface area contributed by atoms with E-state index in [2.05, 4.69) is 165 Å². The quantitative estimate of drug-likeness (QED) is 0.0224. The summed E-state index contributed by atoms with van der Waals surface area (Å²) in [4.78, 5) is 141. The number of fused-ring (bicyclic) bond motifs is 2. The number of aromatic amines is 2. The molecular weight excluding hydrogens is 1550 g/mol. The summed E-state index contributed by atoms with van der Waals surface area (Å²) in [6.45, 7) is 16.3. The Balaban J connectivity index is 0.522. The van der Waals surface area contributed by atoms with Crippen molar-refractivity contribution in [3.05, 3.63) is 157 Å². The largest absolute Gasteiger partial charge is 0.494 e. The molecule has 2 aliphatic rings. The predicted molar refractivity (Wildman–Crippen MR) is 469 cm³/mol. The Morgan fingerprint density at radius 1 is 0.426 bits per heavy atom. The minimum atomic E-state index is -0.530. The predicted octanol–water partition coefficient (Wildman–Crippen LogP) is 8.36. The second kappa shape index (κ2) is 44.1. The molecule has 32 nitrogen and oxygen atoms in total. The van der Waals surface area contributed by atoms with Crippen molar-refractivity contribution in [1.29, 1.82) is 0 Å². The van der Waals surface area contributed by atoms with Gasteiger partial charge in [-0.15, -0.1) is 10.2 Å². The van der Waals surface area contributed by atoms with E-state index in [1.54, 1.807) is 21.8 Å². The Labute approximate surface area is 712 Å². The maximum Gasteiger partial charge on any atom is 0.243 e. The van der Waals surface area contributed by atoms with E-state index in [1.165, 1.54) is 49.8 Å². The van der Waals surface area contributed by atoms with Gasteiger partial charge >= 0.3 is 0 Å². The van der Waals surface area contributed by atoms with Gasteiger partial charge in [0.05, 0.1) is 86.9 Å². The molecule has 0 unspecified atom stereocenters.